The maximum atomic E-state index is 5.77. The van der Waals surface area contributed by atoms with Gasteiger partial charge in [0, 0.05) is 30.6 Å². The van der Waals surface area contributed by atoms with Crippen molar-refractivity contribution < 1.29 is 4.74 Å². The van der Waals surface area contributed by atoms with Gasteiger partial charge in [0.05, 0.1) is 5.69 Å². The highest BCUT2D eigenvalue weighted by Gasteiger charge is 2.04. The van der Waals surface area contributed by atoms with Gasteiger partial charge in [-0.1, -0.05) is 5.92 Å². The molecule has 4 N–H and O–H groups in total. The Morgan fingerprint density at radius 3 is 2.80 bits per heavy atom. The number of nitrogens with zero attached hydrogens (tertiary/aromatic N) is 1. The third-order valence-electron chi connectivity index (χ3n) is 1.79. The number of ether oxygens (including phenoxy) is 1. The zero-order valence-corrected chi connectivity index (χ0v) is 8.53. The van der Waals surface area contributed by atoms with Crippen molar-refractivity contribution in [2.45, 2.75) is 0 Å². The van der Waals surface area contributed by atoms with Crippen molar-refractivity contribution in [1.82, 2.24) is 0 Å². The zero-order chi connectivity index (χ0) is 11.3. The molecular formula is C11H13N3O. The summed E-state index contributed by atoms with van der Waals surface area (Å²) in [5.41, 5.74) is 13.3. The van der Waals surface area contributed by atoms with Gasteiger partial charge in [-0.15, -0.1) is 6.42 Å². The van der Waals surface area contributed by atoms with Gasteiger partial charge in [0.15, 0.2) is 0 Å². The Morgan fingerprint density at radius 1 is 1.47 bits per heavy atom. The number of nitrogens with two attached hydrogens (primary N) is 2. The second kappa shape index (κ2) is 4.91. The van der Waals surface area contributed by atoms with E-state index in [1.807, 2.05) is 0 Å². The molecule has 0 unspecified atom stereocenters. The fourth-order valence-electron chi connectivity index (χ4n) is 1.13. The summed E-state index contributed by atoms with van der Waals surface area (Å²) < 4.78 is 5.21. The molecule has 0 saturated carbocycles. The van der Waals surface area contributed by atoms with Crippen LogP contribution in [-0.2, 0) is 0 Å². The van der Waals surface area contributed by atoms with Crippen LogP contribution in [0.2, 0.25) is 0 Å². The van der Waals surface area contributed by atoms with E-state index in [0.717, 1.165) is 5.56 Å². The van der Waals surface area contributed by atoms with Crippen molar-refractivity contribution in [3.63, 3.8) is 0 Å². The van der Waals surface area contributed by atoms with Crippen molar-refractivity contribution >= 4 is 17.6 Å². The average Bonchev–Trinajstić information content (AvgIpc) is 2.21. The van der Waals surface area contributed by atoms with Crippen molar-refractivity contribution in [3.8, 4) is 18.1 Å². The van der Waals surface area contributed by atoms with Crippen LogP contribution in [0.5, 0.6) is 5.75 Å². The molecule has 0 aliphatic heterocycles. The Bertz CT molecular complexity index is 419. The highest BCUT2D eigenvalue weighted by Crippen LogP contribution is 2.26. The van der Waals surface area contributed by atoms with E-state index in [1.54, 1.807) is 25.4 Å². The molecular weight excluding hydrogens is 190 g/mol. The molecule has 0 heterocycles. The van der Waals surface area contributed by atoms with Gasteiger partial charge in [0.25, 0.3) is 0 Å². The molecule has 0 radical (unpaired) electrons. The molecule has 0 fully saturated rings. The van der Waals surface area contributed by atoms with Crippen LogP contribution < -0.4 is 16.2 Å². The molecule has 15 heavy (non-hydrogen) atoms. The second-order valence-corrected chi connectivity index (χ2v) is 2.90. The van der Waals surface area contributed by atoms with Crippen molar-refractivity contribution in [2.75, 3.05) is 25.1 Å². The summed E-state index contributed by atoms with van der Waals surface area (Å²) in [6.07, 6.45) is 6.71. The van der Waals surface area contributed by atoms with E-state index in [4.69, 9.17) is 22.6 Å². The summed E-state index contributed by atoms with van der Waals surface area (Å²) >= 11 is 0. The van der Waals surface area contributed by atoms with Gasteiger partial charge in [0.1, 0.15) is 12.4 Å². The van der Waals surface area contributed by atoms with Crippen molar-refractivity contribution in [1.29, 1.82) is 0 Å². The van der Waals surface area contributed by atoms with E-state index < -0.39 is 0 Å². The van der Waals surface area contributed by atoms with Crippen LogP contribution in [0.3, 0.4) is 0 Å². The molecule has 1 rings (SSSR count). The SMILES string of the molecule is C#CCOc1cc(N)c(C=NC)cc1N. The molecule has 1 aromatic rings. The van der Waals surface area contributed by atoms with E-state index >= 15 is 0 Å². The first-order valence-corrected chi connectivity index (χ1v) is 4.36. The average molecular weight is 203 g/mol. The van der Waals surface area contributed by atoms with Crippen LogP contribution in [0.1, 0.15) is 5.56 Å². The van der Waals surface area contributed by atoms with Gasteiger partial charge in [-0.3, -0.25) is 4.99 Å². The third-order valence-corrected chi connectivity index (χ3v) is 1.79. The number of benzene rings is 1. The number of anilines is 2. The van der Waals surface area contributed by atoms with Crippen LogP contribution >= 0.6 is 0 Å². The first-order valence-electron chi connectivity index (χ1n) is 4.36. The number of rotatable bonds is 3. The summed E-state index contributed by atoms with van der Waals surface area (Å²) in [6, 6.07) is 3.35. The van der Waals surface area contributed by atoms with Crippen molar-refractivity contribution in [2.24, 2.45) is 4.99 Å². The van der Waals surface area contributed by atoms with Crippen LogP contribution in [-0.4, -0.2) is 19.9 Å². The molecule has 0 spiro atoms. The highest BCUT2D eigenvalue weighted by molar-refractivity contribution is 5.89. The van der Waals surface area contributed by atoms with Crippen LogP contribution in [0.15, 0.2) is 17.1 Å². The number of terminal acetylenes is 1. The number of hydrogen-bond acceptors (Lipinski definition) is 4. The Kier molecular flexibility index (Phi) is 3.58. The lowest BCUT2D eigenvalue weighted by atomic mass is 10.1. The second-order valence-electron chi connectivity index (χ2n) is 2.90. The standard InChI is InChI=1S/C11H13N3O/c1-3-4-15-11-6-9(12)8(7-14-2)5-10(11)13/h1,5-7H,4,12-13H2,2H3. The monoisotopic (exact) mass is 203 g/mol. The fraction of sp³-hybridized carbons (Fsp3) is 0.182. The van der Waals surface area contributed by atoms with Crippen molar-refractivity contribution in [3.05, 3.63) is 17.7 Å². The number of hydrogen-bond donors (Lipinski definition) is 2. The largest absolute Gasteiger partial charge is 0.479 e. The minimum absolute atomic E-state index is 0.171. The molecule has 1 aromatic carbocycles. The first-order chi connectivity index (χ1) is 7.19. The molecule has 0 bridgehead atoms. The maximum Gasteiger partial charge on any atom is 0.148 e. The first kappa shape index (κ1) is 10.9. The minimum atomic E-state index is 0.171. The third kappa shape index (κ3) is 2.64. The van der Waals surface area contributed by atoms with E-state index in [0.29, 0.717) is 17.1 Å². The maximum absolute atomic E-state index is 5.77. The molecule has 0 saturated heterocycles. The van der Waals surface area contributed by atoms with Crippen LogP contribution in [0.25, 0.3) is 0 Å². The molecule has 0 atom stereocenters. The Balaban J connectivity index is 3.03. The molecule has 4 nitrogen and oxygen atoms in total. The Hall–Kier alpha value is -2.15. The van der Waals surface area contributed by atoms with Gasteiger partial charge >= 0.3 is 0 Å². The Labute approximate surface area is 88.9 Å². The molecule has 0 aromatic heterocycles. The lowest BCUT2D eigenvalue weighted by Crippen LogP contribution is -2.02. The smallest absolute Gasteiger partial charge is 0.148 e. The molecule has 0 aliphatic carbocycles. The molecule has 4 heteroatoms. The fourth-order valence-corrected chi connectivity index (χ4v) is 1.13. The molecule has 78 valence electrons. The van der Waals surface area contributed by atoms with Gasteiger partial charge in [-0.2, -0.15) is 0 Å². The topological polar surface area (TPSA) is 73.6 Å². The van der Waals surface area contributed by atoms with Gasteiger partial charge in [-0.05, 0) is 6.07 Å². The van der Waals surface area contributed by atoms with E-state index in [1.165, 1.54) is 0 Å². The highest BCUT2D eigenvalue weighted by atomic mass is 16.5. The molecule has 0 aliphatic rings. The lowest BCUT2D eigenvalue weighted by Gasteiger charge is -2.09. The van der Waals surface area contributed by atoms with Gasteiger partial charge in [-0.25, -0.2) is 0 Å². The minimum Gasteiger partial charge on any atom is -0.479 e. The van der Waals surface area contributed by atoms with Gasteiger partial charge < -0.3 is 16.2 Å². The molecule has 0 amide bonds. The lowest BCUT2D eigenvalue weighted by molar-refractivity contribution is 0.372. The van der Waals surface area contributed by atoms with E-state index in [-0.39, 0.29) is 6.61 Å². The summed E-state index contributed by atoms with van der Waals surface area (Å²) in [4.78, 5) is 3.87. The quantitative estimate of drug-likeness (QED) is 0.435. The van der Waals surface area contributed by atoms with Gasteiger partial charge in [0.2, 0.25) is 0 Å². The summed E-state index contributed by atoms with van der Waals surface area (Å²) in [5, 5.41) is 0. The summed E-state index contributed by atoms with van der Waals surface area (Å²) in [5.74, 6) is 2.86. The zero-order valence-electron chi connectivity index (χ0n) is 8.53. The van der Waals surface area contributed by atoms with Crippen LogP contribution in [0, 0.1) is 12.3 Å². The van der Waals surface area contributed by atoms with E-state index in [2.05, 4.69) is 10.9 Å². The van der Waals surface area contributed by atoms with Crippen LogP contribution in [0.4, 0.5) is 11.4 Å². The predicted molar refractivity (Wildman–Crippen MR) is 63.1 cm³/mol. The Morgan fingerprint density at radius 2 is 2.20 bits per heavy atom. The summed E-state index contributed by atoms with van der Waals surface area (Å²) in [6.45, 7) is 0.171. The normalized spacial score (nSPS) is 10.1. The predicted octanol–water partition coefficient (Wildman–Crippen LogP) is 0.912. The van der Waals surface area contributed by atoms with E-state index in [9.17, 15) is 0 Å². The number of aliphatic imine (C=N–C) groups is 1. The number of nitrogen functional groups attached to an aromatic ring is 2. The summed E-state index contributed by atoms with van der Waals surface area (Å²) in [7, 11) is 1.67.